The van der Waals surface area contributed by atoms with Crippen LogP contribution in [0.1, 0.15) is 38.2 Å². The smallest absolute Gasteiger partial charge is 0.398 e. The molecule has 1 rings (SSSR count). The van der Waals surface area contributed by atoms with Crippen molar-refractivity contribution in [1.82, 2.24) is 0 Å². The molecule has 2 N–H and O–H groups in total. The van der Waals surface area contributed by atoms with E-state index in [1.807, 2.05) is 6.07 Å². The van der Waals surface area contributed by atoms with Gasteiger partial charge in [0.15, 0.2) is 0 Å². The molecule has 0 atom stereocenters. The fourth-order valence-corrected chi connectivity index (χ4v) is 1.74. The average Bonchev–Trinajstić information content (AvgIpc) is 2.18. The Hall–Kier alpha value is -0.00662. The fraction of sp³-hybridized carbons (Fsp3) is 0.500. The molecule has 0 aliphatic heterocycles. The summed E-state index contributed by atoms with van der Waals surface area (Å²) >= 11 is 4.31. The maximum atomic E-state index is 5.69. The Morgan fingerprint density at radius 3 is 2.53 bits per heavy atom. The molecule has 3 heteroatoms. The van der Waals surface area contributed by atoms with Crippen LogP contribution in [0, 0.1) is 0 Å². The van der Waals surface area contributed by atoms with Crippen LogP contribution in [0.4, 0.5) is 5.69 Å². The molecule has 0 radical (unpaired) electrons. The minimum atomic E-state index is 0. The molecule has 0 aromatic heterocycles. The van der Waals surface area contributed by atoms with Crippen molar-refractivity contribution in [2.24, 2.45) is 0 Å². The standard InChI is InChI=1S/C12H19NS.Zn/c1-2-3-4-5-6-10-7-8-11(13)12(14)9-10;/h7-9,14H,2-6,13H2,1H3;/q;+2. The number of hydrogen-bond donors (Lipinski definition) is 2. The van der Waals surface area contributed by atoms with E-state index in [1.54, 1.807) is 0 Å². The van der Waals surface area contributed by atoms with E-state index in [0.29, 0.717) is 0 Å². The first-order valence-corrected chi connectivity index (χ1v) is 5.76. The predicted octanol–water partition coefficient (Wildman–Crippen LogP) is 3.68. The first kappa shape index (κ1) is 15.0. The average molecular weight is 275 g/mol. The third kappa shape index (κ3) is 5.58. The Morgan fingerprint density at radius 1 is 1.20 bits per heavy atom. The molecule has 0 saturated carbocycles. The summed E-state index contributed by atoms with van der Waals surface area (Å²) in [6, 6.07) is 6.11. The van der Waals surface area contributed by atoms with E-state index in [-0.39, 0.29) is 19.5 Å². The Balaban J connectivity index is 0.00000196. The van der Waals surface area contributed by atoms with Crippen molar-refractivity contribution in [3.8, 4) is 0 Å². The first-order chi connectivity index (χ1) is 6.74. The summed E-state index contributed by atoms with van der Waals surface area (Å²) < 4.78 is 0. The van der Waals surface area contributed by atoms with Crippen LogP contribution in [0.5, 0.6) is 0 Å². The largest absolute Gasteiger partial charge is 2.00 e. The number of rotatable bonds is 5. The van der Waals surface area contributed by atoms with Crippen molar-refractivity contribution < 1.29 is 19.5 Å². The zero-order valence-electron chi connectivity index (χ0n) is 9.50. The molecule has 0 heterocycles. The summed E-state index contributed by atoms with van der Waals surface area (Å²) in [7, 11) is 0. The van der Waals surface area contributed by atoms with E-state index in [9.17, 15) is 0 Å². The van der Waals surface area contributed by atoms with E-state index in [1.165, 1.54) is 31.2 Å². The van der Waals surface area contributed by atoms with Crippen LogP contribution in [0.2, 0.25) is 0 Å². The Kier molecular flexibility index (Phi) is 8.18. The third-order valence-corrected chi connectivity index (χ3v) is 2.80. The molecular formula is C12H19NSZn+2. The number of nitrogens with two attached hydrogens (primary N) is 1. The fourth-order valence-electron chi connectivity index (χ4n) is 1.50. The molecule has 0 aliphatic rings. The van der Waals surface area contributed by atoms with E-state index >= 15 is 0 Å². The number of hydrogen-bond acceptors (Lipinski definition) is 2. The number of unbranched alkanes of at least 4 members (excludes halogenated alkanes) is 3. The summed E-state index contributed by atoms with van der Waals surface area (Å²) in [6.07, 6.45) is 6.36. The predicted molar refractivity (Wildman–Crippen MR) is 66.0 cm³/mol. The number of nitrogen functional groups attached to an aromatic ring is 1. The van der Waals surface area contributed by atoms with Crippen molar-refractivity contribution in [2.45, 2.75) is 43.9 Å². The molecule has 0 fully saturated rings. The van der Waals surface area contributed by atoms with Crippen LogP contribution < -0.4 is 5.73 Å². The van der Waals surface area contributed by atoms with Gasteiger partial charge in [-0.2, -0.15) is 0 Å². The van der Waals surface area contributed by atoms with E-state index in [2.05, 4.69) is 31.7 Å². The van der Waals surface area contributed by atoms with Crippen molar-refractivity contribution in [3.63, 3.8) is 0 Å². The first-order valence-electron chi connectivity index (χ1n) is 5.31. The van der Waals surface area contributed by atoms with E-state index in [0.717, 1.165) is 17.0 Å². The normalized spacial score (nSPS) is 9.73. The van der Waals surface area contributed by atoms with Gasteiger partial charge in [-0.1, -0.05) is 32.3 Å². The van der Waals surface area contributed by atoms with Gasteiger partial charge in [-0.25, -0.2) is 0 Å². The van der Waals surface area contributed by atoms with Gasteiger partial charge in [-0.05, 0) is 30.5 Å². The van der Waals surface area contributed by atoms with Gasteiger partial charge in [0.25, 0.3) is 0 Å². The second kappa shape index (κ2) is 8.18. The minimum absolute atomic E-state index is 0. The zero-order valence-corrected chi connectivity index (χ0v) is 13.4. The molecule has 78 valence electrons. The van der Waals surface area contributed by atoms with Gasteiger partial charge in [0.05, 0.1) is 0 Å². The molecule has 0 aliphatic carbocycles. The van der Waals surface area contributed by atoms with E-state index < -0.39 is 0 Å². The van der Waals surface area contributed by atoms with Gasteiger partial charge in [0.2, 0.25) is 0 Å². The summed E-state index contributed by atoms with van der Waals surface area (Å²) in [5.41, 5.74) is 7.81. The number of thiol groups is 1. The molecule has 0 unspecified atom stereocenters. The van der Waals surface area contributed by atoms with Gasteiger partial charge in [0.1, 0.15) is 0 Å². The monoisotopic (exact) mass is 273 g/mol. The van der Waals surface area contributed by atoms with Crippen molar-refractivity contribution in [3.05, 3.63) is 23.8 Å². The molecular weight excluding hydrogens is 256 g/mol. The number of benzene rings is 1. The van der Waals surface area contributed by atoms with Gasteiger partial charge in [-0.3, -0.25) is 0 Å². The SMILES string of the molecule is CCCCCCc1ccc(N)c(S)c1.[Zn+2]. The quantitative estimate of drug-likeness (QED) is 0.364. The van der Waals surface area contributed by atoms with Gasteiger partial charge in [-0.15, -0.1) is 12.6 Å². The summed E-state index contributed by atoms with van der Waals surface area (Å²) in [5.74, 6) is 0. The van der Waals surface area contributed by atoms with Crippen molar-refractivity contribution in [1.29, 1.82) is 0 Å². The Labute approximate surface area is 111 Å². The van der Waals surface area contributed by atoms with Crippen LogP contribution in [0.3, 0.4) is 0 Å². The van der Waals surface area contributed by atoms with Gasteiger partial charge < -0.3 is 5.73 Å². The topological polar surface area (TPSA) is 26.0 Å². The Bertz CT molecular complexity index is 289. The summed E-state index contributed by atoms with van der Waals surface area (Å²) in [6.45, 7) is 2.23. The summed E-state index contributed by atoms with van der Waals surface area (Å²) in [4.78, 5) is 0.901. The molecule has 0 amide bonds. The van der Waals surface area contributed by atoms with Crippen LogP contribution in [-0.4, -0.2) is 0 Å². The van der Waals surface area contributed by atoms with Crippen molar-refractivity contribution >= 4 is 18.3 Å². The van der Waals surface area contributed by atoms with Crippen molar-refractivity contribution in [2.75, 3.05) is 5.73 Å². The third-order valence-electron chi connectivity index (χ3n) is 2.41. The van der Waals surface area contributed by atoms with Gasteiger partial charge in [0, 0.05) is 10.6 Å². The molecule has 0 saturated heterocycles. The Morgan fingerprint density at radius 2 is 1.93 bits per heavy atom. The molecule has 1 nitrogen and oxygen atoms in total. The number of anilines is 1. The molecule has 0 spiro atoms. The van der Waals surface area contributed by atoms with E-state index in [4.69, 9.17) is 5.73 Å². The molecule has 15 heavy (non-hydrogen) atoms. The molecule has 1 aromatic carbocycles. The van der Waals surface area contributed by atoms with Crippen LogP contribution in [-0.2, 0) is 25.9 Å². The maximum Gasteiger partial charge on any atom is 2.00 e. The second-order valence-corrected chi connectivity index (χ2v) is 4.19. The second-order valence-electron chi connectivity index (χ2n) is 3.70. The van der Waals surface area contributed by atoms with Crippen LogP contribution in [0.15, 0.2) is 23.1 Å². The minimum Gasteiger partial charge on any atom is -0.398 e. The molecule has 0 bridgehead atoms. The molecule has 1 aromatic rings. The summed E-state index contributed by atoms with van der Waals surface area (Å²) in [5, 5.41) is 0. The van der Waals surface area contributed by atoms with Crippen LogP contribution in [0.25, 0.3) is 0 Å². The maximum absolute atomic E-state index is 5.69. The number of aryl methyl sites for hydroxylation is 1. The zero-order chi connectivity index (χ0) is 10.4. The van der Waals surface area contributed by atoms with Gasteiger partial charge >= 0.3 is 19.5 Å². The van der Waals surface area contributed by atoms with Crippen LogP contribution >= 0.6 is 12.6 Å².